The number of halogens is 1. The minimum atomic E-state index is 0.469. The maximum Gasteiger partial charge on any atom is 0.0586 e. The van der Waals surface area contributed by atoms with Gasteiger partial charge in [0.2, 0.25) is 0 Å². The molecule has 13 heavy (non-hydrogen) atoms. The van der Waals surface area contributed by atoms with Crippen LogP contribution in [-0.4, -0.2) is 43.6 Å². The minimum absolute atomic E-state index is 0.469. The number of methoxy groups -OCH3 is 1. The number of ether oxygens (including phenoxy) is 1. The van der Waals surface area contributed by atoms with Crippen LogP contribution in [0.5, 0.6) is 0 Å². The van der Waals surface area contributed by atoms with Crippen LogP contribution in [-0.2, 0) is 4.74 Å². The molecular weight excluding hydrogens is 186 g/mol. The largest absolute Gasteiger partial charge is 0.381 e. The topological polar surface area (TPSA) is 12.5 Å². The number of hydrogen-bond acceptors (Lipinski definition) is 2. The highest BCUT2D eigenvalue weighted by Gasteiger charge is 2.24. The molecule has 1 fully saturated rings. The van der Waals surface area contributed by atoms with Crippen molar-refractivity contribution in [3.8, 4) is 0 Å². The van der Waals surface area contributed by atoms with Crippen molar-refractivity contribution >= 4 is 11.6 Å². The molecule has 1 saturated carbocycles. The van der Waals surface area contributed by atoms with Crippen LogP contribution < -0.4 is 0 Å². The van der Waals surface area contributed by atoms with Gasteiger partial charge in [0, 0.05) is 25.6 Å². The van der Waals surface area contributed by atoms with Gasteiger partial charge in [-0.1, -0.05) is 0 Å². The quantitative estimate of drug-likeness (QED) is 0.652. The summed E-state index contributed by atoms with van der Waals surface area (Å²) in [6.45, 7) is 0.989. The highest BCUT2D eigenvalue weighted by Crippen LogP contribution is 2.23. The molecule has 1 aliphatic rings. The zero-order valence-electron chi connectivity index (χ0n) is 8.63. The Morgan fingerprint density at radius 2 is 2.23 bits per heavy atom. The van der Waals surface area contributed by atoms with Gasteiger partial charge in [0.05, 0.1) is 6.10 Å². The summed E-state index contributed by atoms with van der Waals surface area (Å²) in [5.41, 5.74) is 0. The molecule has 78 valence electrons. The van der Waals surface area contributed by atoms with Crippen molar-refractivity contribution in [1.29, 1.82) is 0 Å². The van der Waals surface area contributed by atoms with Gasteiger partial charge in [-0.2, -0.15) is 0 Å². The predicted molar refractivity (Wildman–Crippen MR) is 56.4 cm³/mol. The van der Waals surface area contributed by atoms with E-state index in [0.717, 1.165) is 12.4 Å². The summed E-state index contributed by atoms with van der Waals surface area (Å²) in [6.07, 6.45) is 5.45. The van der Waals surface area contributed by atoms with Gasteiger partial charge in [-0.05, 0) is 32.7 Å². The molecule has 0 N–H and O–H groups in total. The Balaban J connectivity index is 2.32. The first-order valence-corrected chi connectivity index (χ1v) is 5.60. The molecule has 0 amide bonds. The highest BCUT2D eigenvalue weighted by molar-refractivity contribution is 6.18. The monoisotopic (exact) mass is 205 g/mol. The van der Waals surface area contributed by atoms with E-state index >= 15 is 0 Å². The van der Waals surface area contributed by atoms with E-state index in [2.05, 4.69) is 11.9 Å². The first-order chi connectivity index (χ1) is 6.27. The Kier molecular flexibility index (Phi) is 5.07. The Bertz CT molecular complexity index is 143. The molecule has 2 unspecified atom stereocenters. The summed E-state index contributed by atoms with van der Waals surface area (Å²) >= 11 is 5.71. The Morgan fingerprint density at radius 3 is 2.85 bits per heavy atom. The molecule has 1 aliphatic carbocycles. The maximum atomic E-state index is 5.71. The fourth-order valence-corrected chi connectivity index (χ4v) is 2.32. The fourth-order valence-electron chi connectivity index (χ4n) is 2.05. The maximum absolute atomic E-state index is 5.71. The number of hydrogen-bond donors (Lipinski definition) is 0. The molecule has 3 heteroatoms. The zero-order chi connectivity index (χ0) is 9.68. The zero-order valence-corrected chi connectivity index (χ0v) is 9.39. The van der Waals surface area contributed by atoms with Gasteiger partial charge in [-0.25, -0.2) is 0 Å². The van der Waals surface area contributed by atoms with Crippen LogP contribution in [0.15, 0.2) is 0 Å². The number of nitrogens with zero attached hydrogens (tertiary/aromatic N) is 1. The molecule has 0 aliphatic heterocycles. The van der Waals surface area contributed by atoms with Crippen molar-refractivity contribution in [1.82, 2.24) is 4.90 Å². The van der Waals surface area contributed by atoms with E-state index < -0.39 is 0 Å². The molecule has 0 bridgehead atoms. The Hall–Kier alpha value is 0.210. The van der Waals surface area contributed by atoms with E-state index in [1.54, 1.807) is 0 Å². The summed E-state index contributed by atoms with van der Waals surface area (Å²) < 4.78 is 5.39. The molecule has 2 nitrogen and oxygen atoms in total. The summed E-state index contributed by atoms with van der Waals surface area (Å²) in [7, 11) is 3.97. The van der Waals surface area contributed by atoms with Crippen molar-refractivity contribution in [2.75, 3.05) is 26.6 Å². The third-order valence-corrected chi connectivity index (χ3v) is 3.16. The van der Waals surface area contributed by atoms with Gasteiger partial charge in [-0.3, -0.25) is 0 Å². The van der Waals surface area contributed by atoms with Gasteiger partial charge >= 0.3 is 0 Å². The molecule has 0 spiro atoms. The van der Waals surface area contributed by atoms with Crippen LogP contribution >= 0.6 is 11.6 Å². The lowest BCUT2D eigenvalue weighted by Crippen LogP contribution is -2.39. The number of alkyl halides is 1. The van der Waals surface area contributed by atoms with Gasteiger partial charge < -0.3 is 9.64 Å². The van der Waals surface area contributed by atoms with Gasteiger partial charge in [0.15, 0.2) is 0 Å². The summed E-state index contributed by atoms with van der Waals surface area (Å²) in [4.78, 5) is 2.36. The summed E-state index contributed by atoms with van der Waals surface area (Å²) in [6, 6.07) is 0.678. The molecule has 2 atom stereocenters. The van der Waals surface area contributed by atoms with Crippen LogP contribution in [0.3, 0.4) is 0 Å². The van der Waals surface area contributed by atoms with Gasteiger partial charge in [0.25, 0.3) is 0 Å². The van der Waals surface area contributed by atoms with Crippen molar-refractivity contribution in [2.45, 2.75) is 37.8 Å². The molecule has 0 heterocycles. The molecule has 0 aromatic heterocycles. The van der Waals surface area contributed by atoms with Crippen molar-refractivity contribution in [3.05, 3.63) is 0 Å². The van der Waals surface area contributed by atoms with E-state index in [1.807, 2.05) is 7.11 Å². The standard InChI is InChI=1S/C10H20ClNO/c1-12(7-6-11)9-4-3-5-10(8-9)13-2/h9-10H,3-8H2,1-2H3. The molecule has 0 aromatic carbocycles. The average molecular weight is 206 g/mol. The Morgan fingerprint density at radius 1 is 1.46 bits per heavy atom. The SMILES string of the molecule is COC1CCCC(N(C)CCCl)C1. The molecule has 0 saturated heterocycles. The second-order valence-corrected chi connectivity index (χ2v) is 4.23. The normalized spacial score (nSPS) is 29.5. The second kappa shape index (κ2) is 5.84. The second-order valence-electron chi connectivity index (χ2n) is 3.85. The van der Waals surface area contributed by atoms with E-state index in [-0.39, 0.29) is 0 Å². The summed E-state index contributed by atoms with van der Waals surface area (Å²) in [5.74, 6) is 0.727. The fraction of sp³-hybridized carbons (Fsp3) is 1.00. The van der Waals surface area contributed by atoms with Crippen LogP contribution in [0.1, 0.15) is 25.7 Å². The van der Waals surface area contributed by atoms with Gasteiger partial charge in [0.1, 0.15) is 0 Å². The van der Waals surface area contributed by atoms with Gasteiger partial charge in [-0.15, -0.1) is 11.6 Å². The smallest absolute Gasteiger partial charge is 0.0586 e. The van der Waals surface area contributed by atoms with E-state index in [9.17, 15) is 0 Å². The van der Waals surface area contributed by atoms with Crippen LogP contribution in [0, 0.1) is 0 Å². The molecule has 1 rings (SSSR count). The lowest BCUT2D eigenvalue weighted by atomic mass is 9.92. The molecular formula is C10H20ClNO. The van der Waals surface area contributed by atoms with Crippen LogP contribution in [0.4, 0.5) is 0 Å². The van der Waals surface area contributed by atoms with Crippen LogP contribution in [0.25, 0.3) is 0 Å². The first kappa shape index (κ1) is 11.3. The minimum Gasteiger partial charge on any atom is -0.381 e. The van der Waals surface area contributed by atoms with Crippen LogP contribution in [0.2, 0.25) is 0 Å². The predicted octanol–water partition coefficient (Wildman–Crippen LogP) is 2.11. The first-order valence-electron chi connectivity index (χ1n) is 5.07. The Labute approximate surface area is 86.2 Å². The van der Waals surface area contributed by atoms with Crippen molar-refractivity contribution in [2.24, 2.45) is 0 Å². The van der Waals surface area contributed by atoms with E-state index in [4.69, 9.17) is 16.3 Å². The highest BCUT2D eigenvalue weighted by atomic mass is 35.5. The van der Waals surface area contributed by atoms with E-state index in [1.165, 1.54) is 25.7 Å². The number of rotatable bonds is 4. The molecule has 0 aromatic rings. The lowest BCUT2D eigenvalue weighted by molar-refractivity contribution is 0.0360. The third kappa shape index (κ3) is 3.45. The molecule has 0 radical (unpaired) electrons. The van der Waals surface area contributed by atoms with Crippen molar-refractivity contribution in [3.63, 3.8) is 0 Å². The lowest BCUT2D eigenvalue weighted by Gasteiger charge is -2.34. The summed E-state index contributed by atoms with van der Waals surface area (Å²) in [5, 5.41) is 0. The van der Waals surface area contributed by atoms with E-state index in [0.29, 0.717) is 12.1 Å². The van der Waals surface area contributed by atoms with Crippen molar-refractivity contribution < 1.29 is 4.74 Å². The average Bonchev–Trinajstić information content (AvgIpc) is 2.18. The third-order valence-electron chi connectivity index (χ3n) is 2.99.